The van der Waals surface area contributed by atoms with Crippen LogP contribution in [0.1, 0.15) is 36.0 Å². The summed E-state index contributed by atoms with van der Waals surface area (Å²) >= 11 is 1.63. The molecule has 130 valence electrons. The van der Waals surface area contributed by atoms with Gasteiger partial charge >= 0.3 is 0 Å². The van der Waals surface area contributed by atoms with E-state index in [1.165, 1.54) is 0 Å². The summed E-state index contributed by atoms with van der Waals surface area (Å²) in [5.74, 6) is 0.855. The van der Waals surface area contributed by atoms with Crippen molar-refractivity contribution < 1.29 is 9.53 Å². The highest BCUT2D eigenvalue weighted by molar-refractivity contribution is 7.98. The molecule has 0 N–H and O–H groups in total. The van der Waals surface area contributed by atoms with E-state index >= 15 is 0 Å². The second kappa shape index (κ2) is 7.08. The lowest BCUT2D eigenvalue weighted by Crippen LogP contribution is -2.49. The van der Waals surface area contributed by atoms with Crippen LogP contribution < -0.4 is 4.74 Å². The number of piperidine rings is 1. The Kier molecular flexibility index (Phi) is 4.66. The highest BCUT2D eigenvalue weighted by Gasteiger charge is 2.44. The fourth-order valence-corrected chi connectivity index (χ4v) is 4.69. The summed E-state index contributed by atoms with van der Waals surface area (Å²) < 4.78 is 6.06. The van der Waals surface area contributed by atoms with Crippen molar-refractivity contribution in [3.63, 3.8) is 0 Å². The van der Waals surface area contributed by atoms with E-state index in [1.807, 2.05) is 48.7 Å². The van der Waals surface area contributed by atoms with Crippen LogP contribution in [-0.2, 0) is 0 Å². The van der Waals surface area contributed by atoms with Crippen LogP contribution in [0.5, 0.6) is 5.88 Å². The van der Waals surface area contributed by atoms with Crippen LogP contribution in [0.3, 0.4) is 0 Å². The number of rotatable bonds is 4. The summed E-state index contributed by atoms with van der Waals surface area (Å²) in [7, 11) is 0. The van der Waals surface area contributed by atoms with Gasteiger partial charge in [0.05, 0.1) is 5.56 Å². The third-order valence-electron chi connectivity index (χ3n) is 5.19. The summed E-state index contributed by atoms with van der Waals surface area (Å²) in [5, 5.41) is 0. The van der Waals surface area contributed by atoms with E-state index in [2.05, 4.69) is 9.88 Å². The van der Waals surface area contributed by atoms with Gasteiger partial charge in [-0.15, -0.1) is 11.8 Å². The number of nitrogens with zero attached hydrogens (tertiary/aromatic N) is 2. The molecular weight excluding hydrogens is 332 g/mol. The maximum absolute atomic E-state index is 13.2. The van der Waals surface area contributed by atoms with Crippen molar-refractivity contribution in [1.82, 2.24) is 9.88 Å². The summed E-state index contributed by atoms with van der Waals surface area (Å²) in [4.78, 5) is 20.6. The average molecular weight is 354 g/mol. The molecule has 1 amide bonds. The molecule has 2 saturated heterocycles. The molecule has 3 heterocycles. The Morgan fingerprint density at radius 1 is 1.12 bits per heavy atom. The normalized spacial score (nSPS) is 25.0. The number of amides is 1. The highest BCUT2D eigenvalue weighted by atomic mass is 32.2. The summed E-state index contributed by atoms with van der Waals surface area (Å²) in [6, 6.07) is 14.2. The lowest BCUT2D eigenvalue weighted by molar-refractivity contribution is 0.0345. The molecule has 0 aliphatic carbocycles. The van der Waals surface area contributed by atoms with Gasteiger partial charge in [-0.05, 0) is 37.3 Å². The maximum atomic E-state index is 13.2. The predicted octanol–water partition coefficient (Wildman–Crippen LogP) is 4.02. The molecule has 5 heteroatoms. The Hall–Kier alpha value is -2.01. The topological polar surface area (TPSA) is 42.4 Å². The van der Waals surface area contributed by atoms with Gasteiger partial charge in [0.15, 0.2) is 0 Å². The van der Waals surface area contributed by atoms with Gasteiger partial charge in [-0.3, -0.25) is 4.79 Å². The van der Waals surface area contributed by atoms with E-state index in [4.69, 9.17) is 4.74 Å². The van der Waals surface area contributed by atoms with Gasteiger partial charge in [0, 0.05) is 42.1 Å². The van der Waals surface area contributed by atoms with Gasteiger partial charge in [-0.1, -0.05) is 18.2 Å². The summed E-state index contributed by atoms with van der Waals surface area (Å²) in [6.07, 6.45) is 7.84. The Balaban J connectivity index is 1.50. The smallest absolute Gasteiger partial charge is 0.255 e. The third kappa shape index (κ3) is 3.25. The van der Waals surface area contributed by atoms with Gasteiger partial charge < -0.3 is 9.64 Å². The lowest BCUT2D eigenvalue weighted by Gasteiger charge is -2.39. The number of benzene rings is 1. The predicted molar refractivity (Wildman–Crippen MR) is 99.1 cm³/mol. The van der Waals surface area contributed by atoms with Crippen molar-refractivity contribution in [2.75, 3.05) is 6.26 Å². The van der Waals surface area contributed by atoms with E-state index in [1.54, 1.807) is 18.0 Å². The molecule has 0 spiro atoms. The fourth-order valence-electron chi connectivity index (χ4n) is 4.10. The monoisotopic (exact) mass is 354 g/mol. The van der Waals surface area contributed by atoms with E-state index in [9.17, 15) is 4.79 Å². The number of aromatic nitrogens is 1. The molecule has 25 heavy (non-hydrogen) atoms. The molecule has 2 bridgehead atoms. The fraction of sp³-hybridized carbons (Fsp3) is 0.400. The number of pyridine rings is 1. The van der Waals surface area contributed by atoms with Gasteiger partial charge in [-0.2, -0.15) is 0 Å². The second-order valence-electron chi connectivity index (χ2n) is 6.68. The molecule has 2 atom stereocenters. The zero-order chi connectivity index (χ0) is 17.2. The first-order chi connectivity index (χ1) is 12.3. The van der Waals surface area contributed by atoms with Crippen LogP contribution >= 0.6 is 11.8 Å². The van der Waals surface area contributed by atoms with Crippen LogP contribution in [0, 0.1) is 0 Å². The van der Waals surface area contributed by atoms with E-state index in [0.717, 1.165) is 36.1 Å². The third-order valence-corrected chi connectivity index (χ3v) is 5.98. The van der Waals surface area contributed by atoms with Gasteiger partial charge in [0.2, 0.25) is 5.88 Å². The number of carbonyl (C=O) groups is 1. The molecule has 2 unspecified atom stereocenters. The van der Waals surface area contributed by atoms with Crippen LogP contribution in [0.15, 0.2) is 53.6 Å². The second-order valence-corrected chi connectivity index (χ2v) is 7.53. The molecule has 1 aromatic heterocycles. The largest absolute Gasteiger partial charge is 0.474 e. The van der Waals surface area contributed by atoms with Crippen molar-refractivity contribution in [1.29, 1.82) is 0 Å². The zero-order valence-corrected chi connectivity index (χ0v) is 15.1. The number of hydrogen-bond donors (Lipinski definition) is 0. The van der Waals surface area contributed by atoms with Crippen LogP contribution in [0.25, 0.3) is 0 Å². The Morgan fingerprint density at radius 3 is 2.52 bits per heavy atom. The van der Waals surface area contributed by atoms with Gasteiger partial charge in [0.25, 0.3) is 5.91 Å². The van der Waals surface area contributed by atoms with Crippen LogP contribution in [0.4, 0.5) is 0 Å². The van der Waals surface area contributed by atoms with Crippen molar-refractivity contribution in [3.05, 3.63) is 54.2 Å². The summed E-state index contributed by atoms with van der Waals surface area (Å²) in [6.45, 7) is 0. The maximum Gasteiger partial charge on any atom is 0.255 e. The van der Waals surface area contributed by atoms with E-state index < -0.39 is 0 Å². The molecular formula is C20H22N2O2S. The number of carbonyl (C=O) groups excluding carboxylic acids is 1. The molecule has 0 radical (unpaired) electrons. The molecule has 2 fully saturated rings. The minimum atomic E-state index is 0.146. The Labute approximate surface area is 152 Å². The lowest BCUT2D eigenvalue weighted by atomic mass is 9.98. The minimum Gasteiger partial charge on any atom is -0.474 e. The van der Waals surface area contributed by atoms with Crippen molar-refractivity contribution in [2.45, 2.75) is 48.8 Å². The molecule has 0 saturated carbocycles. The summed E-state index contributed by atoms with van der Waals surface area (Å²) in [5.41, 5.74) is 0.830. The molecule has 4 rings (SSSR count). The number of fused-ring (bicyclic) bond motifs is 2. The van der Waals surface area contributed by atoms with E-state index in [-0.39, 0.29) is 24.1 Å². The van der Waals surface area contributed by atoms with Crippen LogP contribution in [-0.4, -0.2) is 40.2 Å². The van der Waals surface area contributed by atoms with Crippen molar-refractivity contribution in [2.24, 2.45) is 0 Å². The first-order valence-electron chi connectivity index (χ1n) is 8.79. The molecule has 1 aromatic carbocycles. The molecule has 2 aromatic rings. The highest BCUT2D eigenvalue weighted by Crippen LogP contribution is 2.38. The average Bonchev–Trinajstić information content (AvgIpc) is 2.92. The quantitative estimate of drug-likeness (QED) is 0.778. The Morgan fingerprint density at radius 2 is 1.84 bits per heavy atom. The zero-order valence-electron chi connectivity index (χ0n) is 14.3. The number of ether oxygens (including phenoxy) is 1. The standard InChI is InChI=1S/C20H22N2O2S/c1-25-18-7-3-2-6-17(18)20(23)22-14-9-10-15(22)13-16(12-14)24-19-8-4-5-11-21-19/h2-8,11,14-16H,9-10,12-13H2,1H3. The van der Waals surface area contributed by atoms with E-state index in [0.29, 0.717) is 5.88 Å². The number of thioether (sulfide) groups is 1. The first kappa shape index (κ1) is 16.5. The van der Waals surface area contributed by atoms with Gasteiger partial charge in [-0.25, -0.2) is 4.98 Å². The molecule has 2 aliphatic heterocycles. The van der Waals surface area contributed by atoms with Gasteiger partial charge in [0.1, 0.15) is 6.10 Å². The van der Waals surface area contributed by atoms with Crippen molar-refractivity contribution >= 4 is 17.7 Å². The Bertz CT molecular complexity index is 738. The first-order valence-corrected chi connectivity index (χ1v) is 10.0. The molecule has 2 aliphatic rings. The van der Waals surface area contributed by atoms with Crippen LogP contribution in [0.2, 0.25) is 0 Å². The SMILES string of the molecule is CSc1ccccc1C(=O)N1C2CCC1CC(Oc1ccccn1)C2. The minimum absolute atomic E-state index is 0.146. The van der Waals surface area contributed by atoms with Crippen molar-refractivity contribution in [3.8, 4) is 5.88 Å². The molecule has 4 nitrogen and oxygen atoms in total. The number of hydrogen-bond acceptors (Lipinski definition) is 4.